The zero-order valence-electron chi connectivity index (χ0n) is 20.4. The molecule has 2 aromatic heterocycles. The van der Waals surface area contributed by atoms with Crippen LogP contribution in [0.25, 0.3) is 10.9 Å². The Morgan fingerprint density at radius 2 is 1.83 bits per heavy atom. The summed E-state index contributed by atoms with van der Waals surface area (Å²) in [6, 6.07) is 7.67. The molecule has 0 unspecified atom stereocenters. The Kier molecular flexibility index (Phi) is 6.85. The monoisotopic (exact) mass is 479 g/mol. The van der Waals surface area contributed by atoms with Crippen LogP contribution in [-0.4, -0.2) is 96.5 Å². The van der Waals surface area contributed by atoms with Gasteiger partial charge in [-0.25, -0.2) is 4.98 Å². The molecule has 10 nitrogen and oxygen atoms in total. The van der Waals surface area contributed by atoms with Crippen LogP contribution < -0.4 is 15.1 Å². The molecule has 4 heterocycles. The lowest BCUT2D eigenvalue weighted by Crippen LogP contribution is -2.47. The van der Waals surface area contributed by atoms with Crippen molar-refractivity contribution in [3.8, 4) is 0 Å². The van der Waals surface area contributed by atoms with Crippen molar-refractivity contribution in [2.24, 2.45) is 0 Å². The molecule has 2 fully saturated rings. The minimum Gasteiger partial charge on any atom is -0.395 e. The first-order valence-corrected chi connectivity index (χ1v) is 12.2. The van der Waals surface area contributed by atoms with Crippen LogP contribution >= 0.6 is 0 Å². The van der Waals surface area contributed by atoms with E-state index in [0.717, 1.165) is 54.3 Å². The Balaban J connectivity index is 1.41. The van der Waals surface area contributed by atoms with E-state index in [4.69, 9.17) is 9.72 Å². The van der Waals surface area contributed by atoms with Crippen LogP contribution in [0.15, 0.2) is 24.3 Å². The predicted molar refractivity (Wildman–Crippen MR) is 137 cm³/mol. The van der Waals surface area contributed by atoms with E-state index < -0.39 is 0 Å². The van der Waals surface area contributed by atoms with Gasteiger partial charge in [0, 0.05) is 74.2 Å². The number of hydrogen-bond donors (Lipinski definition) is 3. The molecule has 186 valence electrons. The number of aliphatic hydroxyl groups is 1. The summed E-state index contributed by atoms with van der Waals surface area (Å²) in [5.41, 5.74) is 4.43. The Morgan fingerprint density at radius 1 is 1.06 bits per heavy atom. The van der Waals surface area contributed by atoms with E-state index >= 15 is 0 Å². The number of morpholine rings is 1. The van der Waals surface area contributed by atoms with Crippen molar-refractivity contribution in [1.29, 1.82) is 0 Å². The Bertz CT molecular complexity index is 1200. The number of β-amino-alcohol motifs (C(OH)–C–C–N with tert-alkyl or cyclic N) is 1. The fourth-order valence-corrected chi connectivity index (χ4v) is 4.68. The van der Waals surface area contributed by atoms with E-state index in [1.807, 2.05) is 25.1 Å². The molecule has 0 atom stereocenters. The van der Waals surface area contributed by atoms with Gasteiger partial charge >= 0.3 is 0 Å². The number of amides is 1. The van der Waals surface area contributed by atoms with Gasteiger partial charge in [0.05, 0.1) is 19.8 Å². The van der Waals surface area contributed by atoms with Crippen molar-refractivity contribution in [3.63, 3.8) is 0 Å². The van der Waals surface area contributed by atoms with Crippen LogP contribution in [0.4, 0.5) is 17.5 Å². The van der Waals surface area contributed by atoms with Gasteiger partial charge < -0.3 is 29.9 Å². The van der Waals surface area contributed by atoms with Crippen molar-refractivity contribution < 1.29 is 14.6 Å². The first-order chi connectivity index (χ1) is 17.0. The number of H-pyrrole nitrogens is 1. The lowest BCUT2D eigenvalue weighted by Gasteiger charge is -2.35. The SMILES string of the molecule is Cc1[nH]c2ccc(NC(=O)c3cc(N4CCN(CCO)CC4)nc(N4CCOCC4)n3)cc2c1C. The highest BCUT2D eigenvalue weighted by Gasteiger charge is 2.23. The largest absolute Gasteiger partial charge is 0.395 e. The van der Waals surface area contributed by atoms with Crippen molar-refractivity contribution in [3.05, 3.63) is 41.2 Å². The highest BCUT2D eigenvalue weighted by atomic mass is 16.5. The molecule has 0 radical (unpaired) electrons. The van der Waals surface area contributed by atoms with Crippen LogP contribution in [0.3, 0.4) is 0 Å². The number of hydrogen-bond acceptors (Lipinski definition) is 8. The average Bonchev–Trinajstić information content (AvgIpc) is 3.17. The number of piperazine rings is 1. The second kappa shape index (κ2) is 10.2. The number of carbonyl (C=O) groups is 1. The van der Waals surface area contributed by atoms with Crippen molar-refractivity contribution in [2.75, 3.05) is 80.8 Å². The smallest absolute Gasteiger partial charge is 0.274 e. The van der Waals surface area contributed by atoms with Gasteiger partial charge in [0.2, 0.25) is 5.95 Å². The van der Waals surface area contributed by atoms with Crippen molar-refractivity contribution >= 4 is 34.3 Å². The summed E-state index contributed by atoms with van der Waals surface area (Å²) in [6.07, 6.45) is 0. The van der Waals surface area contributed by atoms with E-state index in [-0.39, 0.29) is 12.5 Å². The number of benzene rings is 1. The van der Waals surface area contributed by atoms with E-state index in [0.29, 0.717) is 44.5 Å². The first-order valence-electron chi connectivity index (χ1n) is 12.2. The third kappa shape index (κ3) is 5.09. The Labute approximate surface area is 204 Å². The molecule has 2 aliphatic heterocycles. The van der Waals surface area contributed by atoms with E-state index in [1.165, 1.54) is 5.56 Å². The normalized spacial score (nSPS) is 17.2. The quantitative estimate of drug-likeness (QED) is 0.491. The Morgan fingerprint density at radius 3 is 2.57 bits per heavy atom. The highest BCUT2D eigenvalue weighted by molar-refractivity contribution is 6.04. The maximum atomic E-state index is 13.3. The van der Waals surface area contributed by atoms with Crippen LogP contribution in [-0.2, 0) is 4.74 Å². The zero-order chi connectivity index (χ0) is 24.4. The van der Waals surface area contributed by atoms with E-state index in [1.54, 1.807) is 6.07 Å². The van der Waals surface area contributed by atoms with Crippen LogP contribution in [0.2, 0.25) is 0 Å². The molecule has 0 aliphatic carbocycles. The maximum Gasteiger partial charge on any atom is 0.274 e. The van der Waals surface area contributed by atoms with Crippen LogP contribution in [0.1, 0.15) is 21.7 Å². The fourth-order valence-electron chi connectivity index (χ4n) is 4.68. The molecule has 0 spiro atoms. The summed E-state index contributed by atoms with van der Waals surface area (Å²) in [5.74, 6) is 1.05. The van der Waals surface area contributed by atoms with Gasteiger partial charge in [-0.15, -0.1) is 0 Å². The van der Waals surface area contributed by atoms with Crippen LogP contribution in [0, 0.1) is 13.8 Å². The van der Waals surface area contributed by atoms with Crippen molar-refractivity contribution in [2.45, 2.75) is 13.8 Å². The van der Waals surface area contributed by atoms with Gasteiger partial charge in [0.15, 0.2) is 0 Å². The number of nitrogens with one attached hydrogen (secondary N) is 2. The predicted octanol–water partition coefficient (Wildman–Crippen LogP) is 1.78. The number of aromatic amines is 1. The first kappa shape index (κ1) is 23.5. The zero-order valence-corrected chi connectivity index (χ0v) is 20.4. The second-order valence-electron chi connectivity index (χ2n) is 9.15. The lowest BCUT2D eigenvalue weighted by molar-refractivity contribution is 0.102. The van der Waals surface area contributed by atoms with Gasteiger partial charge in [0.1, 0.15) is 11.5 Å². The third-order valence-corrected chi connectivity index (χ3v) is 6.91. The molecule has 0 saturated carbocycles. The number of carbonyl (C=O) groups excluding carboxylic acids is 1. The molecule has 1 aromatic carbocycles. The highest BCUT2D eigenvalue weighted by Crippen LogP contribution is 2.25. The summed E-state index contributed by atoms with van der Waals surface area (Å²) in [4.78, 5) is 32.7. The van der Waals surface area contributed by atoms with Gasteiger partial charge in [-0.05, 0) is 37.6 Å². The maximum absolute atomic E-state index is 13.3. The lowest BCUT2D eigenvalue weighted by atomic mass is 10.1. The minimum absolute atomic E-state index is 0.159. The molecule has 35 heavy (non-hydrogen) atoms. The standard InChI is InChI=1S/C25H33N7O3/c1-17-18(2)26-21-4-3-19(15-20(17)21)27-24(34)22-16-23(31-7-5-30(6-8-31)9-12-33)29-25(28-22)32-10-13-35-14-11-32/h3-4,15-16,26,33H,5-14H2,1-2H3,(H,27,34). The number of anilines is 3. The molecular formula is C25H33N7O3. The van der Waals surface area contributed by atoms with E-state index in [2.05, 4.69) is 36.9 Å². The number of fused-ring (bicyclic) bond motifs is 1. The minimum atomic E-state index is -0.258. The number of aryl methyl sites for hydroxylation is 2. The van der Waals surface area contributed by atoms with Crippen LogP contribution in [0.5, 0.6) is 0 Å². The second-order valence-corrected chi connectivity index (χ2v) is 9.15. The number of ether oxygens (including phenoxy) is 1. The molecule has 1 amide bonds. The summed E-state index contributed by atoms with van der Waals surface area (Å²) in [5, 5.41) is 13.4. The molecule has 0 bridgehead atoms. The van der Waals surface area contributed by atoms with Gasteiger partial charge in [0.25, 0.3) is 5.91 Å². The Hall–Kier alpha value is -3.21. The molecule has 2 aliphatic rings. The molecule has 5 rings (SSSR count). The van der Waals surface area contributed by atoms with Gasteiger partial charge in [-0.3, -0.25) is 9.69 Å². The summed E-state index contributed by atoms with van der Waals surface area (Å²) >= 11 is 0. The van der Waals surface area contributed by atoms with Crippen molar-refractivity contribution in [1.82, 2.24) is 19.9 Å². The topological polar surface area (TPSA) is 110 Å². The van der Waals surface area contributed by atoms with Gasteiger partial charge in [-0.1, -0.05) is 0 Å². The van der Waals surface area contributed by atoms with Gasteiger partial charge in [-0.2, -0.15) is 4.98 Å². The molecular weight excluding hydrogens is 446 g/mol. The summed E-state index contributed by atoms with van der Waals surface area (Å²) < 4.78 is 5.49. The molecule has 2 saturated heterocycles. The molecule has 10 heteroatoms. The van der Waals surface area contributed by atoms with E-state index in [9.17, 15) is 9.90 Å². The fraction of sp³-hybridized carbons (Fsp3) is 0.480. The molecule has 3 N–H and O–H groups in total. The average molecular weight is 480 g/mol. The summed E-state index contributed by atoms with van der Waals surface area (Å²) in [6.45, 7) is 10.8. The summed E-state index contributed by atoms with van der Waals surface area (Å²) in [7, 11) is 0. The number of aliphatic hydroxyl groups excluding tert-OH is 1. The number of nitrogens with zero attached hydrogens (tertiary/aromatic N) is 5. The third-order valence-electron chi connectivity index (χ3n) is 6.91. The number of rotatable bonds is 6. The molecule has 3 aromatic rings. The number of aromatic nitrogens is 3.